The number of rotatable bonds is 5. The fourth-order valence-electron chi connectivity index (χ4n) is 4.44. The van der Waals surface area contributed by atoms with Crippen LogP contribution in [0.5, 0.6) is 5.75 Å². The molecule has 1 aliphatic rings. The molecule has 1 unspecified atom stereocenters. The number of benzene rings is 3. The van der Waals surface area contributed by atoms with E-state index in [1.54, 1.807) is 42.6 Å². The molecular weight excluding hydrogens is 448 g/mol. The highest BCUT2D eigenvalue weighted by Crippen LogP contribution is 2.43. The van der Waals surface area contributed by atoms with Gasteiger partial charge in [-0.3, -0.25) is 4.79 Å². The number of carbonyl (C=O) groups excluding carboxylic acids is 1. The van der Waals surface area contributed by atoms with Crippen LogP contribution in [0.1, 0.15) is 29.7 Å². The summed E-state index contributed by atoms with van der Waals surface area (Å²) in [5.74, 6) is 0.0542. The van der Waals surface area contributed by atoms with Crippen LogP contribution in [0.2, 0.25) is 5.02 Å². The average Bonchev–Trinajstić information content (AvgIpc) is 2.76. The largest absolute Gasteiger partial charge is 0.508 e. The van der Waals surface area contributed by atoms with Crippen LogP contribution in [-0.4, -0.2) is 41.9 Å². The number of anilines is 1. The highest BCUT2D eigenvalue weighted by molar-refractivity contribution is 6.33. The van der Waals surface area contributed by atoms with Crippen molar-refractivity contribution in [1.82, 2.24) is 4.90 Å². The Bertz CT molecular complexity index is 1250. The lowest BCUT2D eigenvalue weighted by atomic mass is 9.94. The highest BCUT2D eigenvalue weighted by atomic mass is 35.5. The number of nitrogens with zero attached hydrogens (tertiary/aromatic N) is 3. The number of phenolic OH excluding ortho intramolecular Hbond substituents is 1. The zero-order chi connectivity index (χ0) is 24.6. The predicted octanol–water partition coefficient (Wildman–Crippen LogP) is 5.36. The van der Waals surface area contributed by atoms with Gasteiger partial charge in [0.15, 0.2) is 0 Å². The maximum Gasteiger partial charge on any atom is 0.250 e. The molecule has 7 heteroatoms. The molecule has 176 valence electrons. The van der Waals surface area contributed by atoms with Gasteiger partial charge < -0.3 is 20.6 Å². The lowest BCUT2D eigenvalue weighted by Crippen LogP contribution is -2.45. The SMILES string of the molecule is Cc1cc(C)cc(N2C=Nc3cc(Cl)c(-c4cccc(O)c4)cc3C2C(=O)N(C)C[C@H](C)N)c1. The van der Waals surface area contributed by atoms with Crippen molar-refractivity contribution in [3.63, 3.8) is 0 Å². The minimum atomic E-state index is -0.647. The van der Waals surface area contributed by atoms with Crippen LogP contribution >= 0.6 is 11.6 Å². The Balaban J connectivity index is 1.89. The Morgan fingerprint density at radius 2 is 1.88 bits per heavy atom. The number of aromatic hydroxyl groups is 1. The van der Waals surface area contributed by atoms with Crippen LogP contribution in [0.4, 0.5) is 11.4 Å². The first-order chi connectivity index (χ1) is 16.1. The van der Waals surface area contributed by atoms with E-state index >= 15 is 0 Å². The molecule has 1 amide bonds. The minimum absolute atomic E-state index is 0.0898. The molecule has 0 saturated carbocycles. The van der Waals surface area contributed by atoms with Crippen LogP contribution in [0.15, 0.2) is 59.6 Å². The molecule has 0 bridgehead atoms. The lowest BCUT2D eigenvalue weighted by molar-refractivity contribution is -0.131. The van der Waals surface area contributed by atoms with Crippen molar-refractivity contribution in [3.05, 3.63) is 76.3 Å². The van der Waals surface area contributed by atoms with Crippen LogP contribution < -0.4 is 10.6 Å². The second-order valence-electron chi connectivity index (χ2n) is 9.04. The maximum atomic E-state index is 13.8. The van der Waals surface area contributed by atoms with Crippen LogP contribution in [0.3, 0.4) is 0 Å². The van der Waals surface area contributed by atoms with Gasteiger partial charge in [0, 0.05) is 36.4 Å². The quantitative estimate of drug-likeness (QED) is 0.519. The molecule has 0 saturated heterocycles. The smallest absolute Gasteiger partial charge is 0.250 e. The molecule has 0 fully saturated rings. The number of fused-ring (bicyclic) bond motifs is 1. The van der Waals surface area contributed by atoms with E-state index in [0.29, 0.717) is 17.3 Å². The summed E-state index contributed by atoms with van der Waals surface area (Å²) in [4.78, 5) is 22.0. The summed E-state index contributed by atoms with van der Waals surface area (Å²) in [7, 11) is 1.77. The fraction of sp³-hybridized carbons (Fsp3) is 0.259. The van der Waals surface area contributed by atoms with E-state index in [1.807, 2.05) is 49.9 Å². The van der Waals surface area contributed by atoms with Crippen molar-refractivity contribution in [2.24, 2.45) is 10.7 Å². The number of nitrogens with two attached hydrogens (primary N) is 1. The Morgan fingerprint density at radius 3 is 2.53 bits per heavy atom. The number of likely N-dealkylation sites (N-methyl/N-ethyl adjacent to an activating group) is 1. The standard InChI is InChI=1S/C27H29ClN4O2/c1-16-8-17(2)10-20(9-16)32-15-30-25-13-24(28)22(19-6-5-7-21(33)11-19)12-23(25)26(32)27(34)31(4)14-18(3)29/h5-13,15,18,26,33H,14,29H2,1-4H3/t18-,26?/m0/s1. The van der Waals surface area contributed by atoms with Crippen molar-refractivity contribution in [3.8, 4) is 16.9 Å². The molecule has 1 aliphatic heterocycles. The molecular formula is C27H29ClN4O2. The number of phenols is 1. The van der Waals surface area contributed by atoms with Gasteiger partial charge in [0.1, 0.15) is 11.8 Å². The molecule has 3 aromatic rings. The third-order valence-corrected chi connectivity index (χ3v) is 6.16. The normalized spacial score (nSPS) is 15.7. The Morgan fingerprint density at radius 1 is 1.18 bits per heavy atom. The molecule has 3 N–H and O–H groups in total. The molecule has 0 spiro atoms. The molecule has 6 nitrogen and oxygen atoms in total. The molecule has 1 heterocycles. The summed E-state index contributed by atoms with van der Waals surface area (Å²) in [6.07, 6.45) is 1.70. The number of aliphatic imine (C=N–C) groups is 1. The van der Waals surface area contributed by atoms with Gasteiger partial charge in [-0.1, -0.05) is 29.8 Å². The number of halogens is 1. The minimum Gasteiger partial charge on any atom is -0.508 e. The molecule has 34 heavy (non-hydrogen) atoms. The van der Waals surface area contributed by atoms with Gasteiger partial charge in [0.25, 0.3) is 0 Å². The van der Waals surface area contributed by atoms with E-state index < -0.39 is 6.04 Å². The second-order valence-corrected chi connectivity index (χ2v) is 9.44. The van der Waals surface area contributed by atoms with E-state index in [9.17, 15) is 9.90 Å². The van der Waals surface area contributed by atoms with E-state index in [4.69, 9.17) is 17.3 Å². The van der Waals surface area contributed by atoms with Crippen molar-refractivity contribution >= 4 is 35.2 Å². The van der Waals surface area contributed by atoms with Gasteiger partial charge in [-0.2, -0.15) is 0 Å². The molecule has 2 atom stereocenters. The fourth-order valence-corrected chi connectivity index (χ4v) is 4.71. The Kier molecular flexibility index (Phi) is 6.64. The maximum absolute atomic E-state index is 13.8. The van der Waals surface area contributed by atoms with E-state index in [0.717, 1.165) is 33.5 Å². The first kappa shape index (κ1) is 23.8. The van der Waals surface area contributed by atoms with Gasteiger partial charge >= 0.3 is 0 Å². The molecule has 3 aromatic carbocycles. The van der Waals surface area contributed by atoms with Gasteiger partial charge in [-0.05, 0) is 73.9 Å². The lowest BCUT2D eigenvalue weighted by Gasteiger charge is -2.36. The zero-order valence-electron chi connectivity index (χ0n) is 19.8. The first-order valence-electron chi connectivity index (χ1n) is 11.2. The number of amides is 1. The average molecular weight is 477 g/mol. The van der Waals surface area contributed by atoms with Gasteiger partial charge in [-0.15, -0.1) is 0 Å². The van der Waals surface area contributed by atoms with E-state index in [-0.39, 0.29) is 17.7 Å². The molecule has 0 radical (unpaired) electrons. The van der Waals surface area contributed by atoms with Gasteiger partial charge in [-0.25, -0.2) is 4.99 Å². The Hall–Kier alpha value is -3.35. The molecule has 0 aromatic heterocycles. The predicted molar refractivity (Wildman–Crippen MR) is 139 cm³/mol. The Labute approximate surface area is 205 Å². The number of hydrogen-bond acceptors (Lipinski definition) is 5. The third-order valence-electron chi connectivity index (χ3n) is 5.84. The number of hydrogen-bond donors (Lipinski definition) is 2. The van der Waals surface area contributed by atoms with Crippen LogP contribution in [-0.2, 0) is 4.79 Å². The third kappa shape index (κ3) is 4.79. The van der Waals surface area contributed by atoms with Gasteiger partial charge in [0.05, 0.1) is 17.0 Å². The summed E-state index contributed by atoms with van der Waals surface area (Å²) >= 11 is 6.62. The van der Waals surface area contributed by atoms with Crippen molar-refractivity contribution in [2.45, 2.75) is 32.9 Å². The summed E-state index contributed by atoms with van der Waals surface area (Å²) in [6.45, 7) is 6.37. The molecule has 4 rings (SSSR count). The topological polar surface area (TPSA) is 82.2 Å². The highest BCUT2D eigenvalue weighted by Gasteiger charge is 2.35. The number of aryl methyl sites for hydroxylation is 2. The van der Waals surface area contributed by atoms with E-state index in [2.05, 4.69) is 11.1 Å². The first-order valence-corrected chi connectivity index (χ1v) is 11.6. The zero-order valence-corrected chi connectivity index (χ0v) is 20.5. The number of carbonyl (C=O) groups is 1. The second kappa shape index (κ2) is 9.49. The molecule has 0 aliphatic carbocycles. The van der Waals surface area contributed by atoms with Crippen LogP contribution in [0, 0.1) is 13.8 Å². The van der Waals surface area contributed by atoms with Crippen molar-refractivity contribution < 1.29 is 9.90 Å². The van der Waals surface area contributed by atoms with Crippen molar-refractivity contribution in [1.29, 1.82) is 0 Å². The summed E-state index contributed by atoms with van der Waals surface area (Å²) in [5, 5.41) is 10.5. The van der Waals surface area contributed by atoms with Crippen LogP contribution in [0.25, 0.3) is 11.1 Å². The van der Waals surface area contributed by atoms with Crippen molar-refractivity contribution in [2.75, 3.05) is 18.5 Å². The summed E-state index contributed by atoms with van der Waals surface area (Å²) < 4.78 is 0. The summed E-state index contributed by atoms with van der Waals surface area (Å²) in [6, 6.07) is 16.0. The van der Waals surface area contributed by atoms with Gasteiger partial charge in [0.2, 0.25) is 5.91 Å². The van der Waals surface area contributed by atoms with E-state index in [1.165, 1.54) is 0 Å². The summed E-state index contributed by atoms with van der Waals surface area (Å²) in [5.41, 5.74) is 11.9. The monoisotopic (exact) mass is 476 g/mol.